The number of hydrogen-bond donors (Lipinski definition) is 2. The molecule has 0 aliphatic rings. The molecule has 2 heterocycles. The van der Waals surface area contributed by atoms with Gasteiger partial charge in [0.05, 0.1) is 21.8 Å². The van der Waals surface area contributed by atoms with Crippen molar-refractivity contribution in [1.29, 1.82) is 0 Å². The summed E-state index contributed by atoms with van der Waals surface area (Å²) in [4.78, 5) is 27.1. The summed E-state index contributed by atoms with van der Waals surface area (Å²) in [6.07, 6.45) is 6.68. The number of nitro benzene ring substituents is 1. The van der Waals surface area contributed by atoms with Gasteiger partial charge in [0.2, 0.25) is 0 Å². The number of fused-ring (bicyclic) bond motifs is 1. The number of rotatable bonds is 5. The van der Waals surface area contributed by atoms with E-state index in [2.05, 4.69) is 20.5 Å². The van der Waals surface area contributed by atoms with Crippen LogP contribution in [-0.4, -0.2) is 26.0 Å². The van der Waals surface area contributed by atoms with Gasteiger partial charge >= 0.3 is 0 Å². The topological polar surface area (TPSA) is 114 Å². The van der Waals surface area contributed by atoms with Crippen molar-refractivity contribution in [3.63, 3.8) is 0 Å². The molecule has 0 radical (unpaired) electrons. The monoisotopic (exact) mass is 385 g/mol. The first-order valence-electron chi connectivity index (χ1n) is 8.73. The van der Waals surface area contributed by atoms with E-state index in [1.807, 2.05) is 6.07 Å². The van der Waals surface area contributed by atoms with Crippen molar-refractivity contribution < 1.29 is 9.72 Å². The lowest BCUT2D eigenvalue weighted by atomic mass is 10.1. The second-order valence-corrected chi connectivity index (χ2v) is 6.21. The number of pyridine rings is 1. The molecule has 2 aromatic carbocycles. The fourth-order valence-corrected chi connectivity index (χ4v) is 2.87. The van der Waals surface area contributed by atoms with Crippen LogP contribution in [0.3, 0.4) is 0 Å². The van der Waals surface area contributed by atoms with Crippen molar-refractivity contribution in [3.05, 3.63) is 93.9 Å². The van der Waals surface area contributed by atoms with E-state index >= 15 is 0 Å². The number of nitrogens with one attached hydrogen (secondary N) is 2. The first kappa shape index (κ1) is 18.1. The van der Waals surface area contributed by atoms with Gasteiger partial charge in [0, 0.05) is 41.0 Å². The summed E-state index contributed by atoms with van der Waals surface area (Å²) >= 11 is 0. The average molecular weight is 385 g/mol. The number of aromatic amines is 1. The molecule has 142 valence electrons. The van der Waals surface area contributed by atoms with Gasteiger partial charge in [-0.05, 0) is 36.4 Å². The van der Waals surface area contributed by atoms with E-state index in [4.69, 9.17) is 0 Å². The van der Waals surface area contributed by atoms with E-state index < -0.39 is 4.92 Å². The predicted octanol–water partition coefficient (Wildman–Crippen LogP) is 4.29. The smallest absolute Gasteiger partial charge is 0.270 e. The molecule has 2 N–H and O–H groups in total. The van der Waals surface area contributed by atoms with Crippen molar-refractivity contribution in [2.24, 2.45) is 0 Å². The van der Waals surface area contributed by atoms with Crippen LogP contribution in [0.4, 0.5) is 11.4 Å². The van der Waals surface area contributed by atoms with Crippen LogP contribution >= 0.6 is 0 Å². The minimum absolute atomic E-state index is 0.00857. The highest BCUT2D eigenvalue weighted by molar-refractivity contribution is 6.05. The Morgan fingerprint density at radius 3 is 2.72 bits per heavy atom. The molecule has 8 nitrogen and oxygen atoms in total. The second kappa shape index (κ2) is 7.73. The molecule has 0 bridgehead atoms. The number of hydrogen-bond acceptors (Lipinski definition) is 5. The van der Waals surface area contributed by atoms with E-state index in [0.29, 0.717) is 33.4 Å². The molecule has 4 aromatic rings. The maximum absolute atomic E-state index is 12.4. The molecule has 0 aliphatic heterocycles. The number of carbonyl (C=O) groups is 1. The van der Waals surface area contributed by atoms with Crippen molar-refractivity contribution in [1.82, 2.24) is 15.2 Å². The first-order chi connectivity index (χ1) is 14.1. The maximum atomic E-state index is 12.4. The van der Waals surface area contributed by atoms with E-state index in [9.17, 15) is 14.9 Å². The minimum atomic E-state index is -0.446. The number of nitro groups is 1. The molecule has 0 spiro atoms. The summed E-state index contributed by atoms with van der Waals surface area (Å²) in [5, 5.41) is 21.6. The number of aromatic nitrogens is 3. The Morgan fingerprint density at radius 1 is 1.10 bits per heavy atom. The lowest BCUT2D eigenvalue weighted by molar-refractivity contribution is -0.384. The molecular weight excluding hydrogens is 370 g/mol. The quantitative estimate of drug-likeness (QED) is 0.393. The number of non-ortho nitro benzene ring substituents is 1. The van der Waals surface area contributed by atoms with E-state index in [1.165, 1.54) is 12.1 Å². The van der Waals surface area contributed by atoms with Crippen molar-refractivity contribution in [2.75, 3.05) is 5.32 Å². The van der Waals surface area contributed by atoms with Gasteiger partial charge in [0.1, 0.15) is 0 Å². The minimum Gasteiger partial charge on any atom is -0.321 e. The normalized spacial score (nSPS) is 11.0. The molecule has 8 heteroatoms. The Bertz CT molecular complexity index is 1230. The average Bonchev–Trinajstić information content (AvgIpc) is 3.16. The fraction of sp³-hybridized carbons (Fsp3) is 0. The van der Waals surface area contributed by atoms with Gasteiger partial charge in [-0.3, -0.25) is 25.0 Å². The second-order valence-electron chi connectivity index (χ2n) is 6.21. The number of carbonyl (C=O) groups excluding carboxylic acids is 1. The molecule has 2 aromatic heterocycles. The molecule has 0 atom stereocenters. The van der Waals surface area contributed by atoms with Gasteiger partial charge < -0.3 is 5.32 Å². The van der Waals surface area contributed by atoms with Crippen molar-refractivity contribution in [2.45, 2.75) is 0 Å². The Labute approximate surface area is 165 Å². The fourth-order valence-electron chi connectivity index (χ4n) is 2.87. The Hall–Kier alpha value is -4.33. The van der Waals surface area contributed by atoms with Gasteiger partial charge in [0.25, 0.3) is 11.6 Å². The van der Waals surface area contributed by atoms with Crippen LogP contribution in [0.15, 0.2) is 67.0 Å². The lowest BCUT2D eigenvalue weighted by Crippen LogP contribution is -2.12. The van der Waals surface area contributed by atoms with Crippen LogP contribution in [-0.2, 0) is 0 Å². The third kappa shape index (κ3) is 3.86. The zero-order valence-corrected chi connectivity index (χ0v) is 15.1. The molecule has 1 amide bonds. The van der Waals surface area contributed by atoms with Gasteiger partial charge in [-0.1, -0.05) is 18.2 Å². The standard InChI is InChI=1S/C21H15N5O3/c27-21(14-4-2-1-3-5-14)23-18-10-11-22-13-15(18)6-8-19-17-12-16(26(28)29)7-9-20(17)25-24-19/h1-13H,(H,24,25)(H,22,23,27). The van der Waals surface area contributed by atoms with E-state index in [-0.39, 0.29) is 11.6 Å². The maximum Gasteiger partial charge on any atom is 0.270 e. The SMILES string of the molecule is O=C(Nc1ccncc1C=Cc1n[nH]c2ccc([N+](=O)[O-])cc12)c1ccccc1. The Kier molecular flexibility index (Phi) is 4.81. The molecule has 0 aliphatic carbocycles. The van der Waals surface area contributed by atoms with Crippen LogP contribution in [0.25, 0.3) is 23.1 Å². The zero-order chi connectivity index (χ0) is 20.2. The Balaban J connectivity index is 1.63. The molecule has 0 fully saturated rings. The van der Waals surface area contributed by atoms with E-state index in [0.717, 1.165) is 0 Å². The molecule has 4 rings (SSSR count). The summed E-state index contributed by atoms with van der Waals surface area (Å²) in [6, 6.07) is 15.1. The number of anilines is 1. The van der Waals surface area contributed by atoms with Gasteiger partial charge in [-0.25, -0.2) is 0 Å². The summed E-state index contributed by atoms with van der Waals surface area (Å²) in [6.45, 7) is 0. The molecule has 0 saturated heterocycles. The molecule has 0 unspecified atom stereocenters. The molecular formula is C21H15N5O3. The largest absolute Gasteiger partial charge is 0.321 e. The third-order valence-corrected chi connectivity index (χ3v) is 4.34. The van der Waals surface area contributed by atoms with Crippen LogP contribution in [0, 0.1) is 10.1 Å². The number of amides is 1. The van der Waals surface area contributed by atoms with Crippen molar-refractivity contribution in [3.8, 4) is 0 Å². The number of benzene rings is 2. The Morgan fingerprint density at radius 2 is 1.93 bits per heavy atom. The van der Waals surface area contributed by atoms with Crippen LogP contribution in [0.2, 0.25) is 0 Å². The lowest BCUT2D eigenvalue weighted by Gasteiger charge is -2.08. The van der Waals surface area contributed by atoms with Gasteiger partial charge in [0.15, 0.2) is 0 Å². The molecule has 0 saturated carbocycles. The zero-order valence-electron chi connectivity index (χ0n) is 15.1. The van der Waals surface area contributed by atoms with Gasteiger partial charge in [-0.15, -0.1) is 0 Å². The summed E-state index contributed by atoms with van der Waals surface area (Å²) in [5.74, 6) is -0.229. The molecule has 29 heavy (non-hydrogen) atoms. The van der Waals surface area contributed by atoms with Crippen LogP contribution in [0.5, 0.6) is 0 Å². The van der Waals surface area contributed by atoms with Crippen molar-refractivity contribution >= 4 is 40.3 Å². The van der Waals surface area contributed by atoms with E-state index in [1.54, 1.807) is 60.9 Å². The summed E-state index contributed by atoms with van der Waals surface area (Å²) < 4.78 is 0. The highest BCUT2D eigenvalue weighted by Gasteiger charge is 2.11. The highest BCUT2D eigenvalue weighted by Crippen LogP contribution is 2.24. The highest BCUT2D eigenvalue weighted by atomic mass is 16.6. The predicted molar refractivity (Wildman–Crippen MR) is 110 cm³/mol. The number of nitrogens with zero attached hydrogens (tertiary/aromatic N) is 3. The summed E-state index contributed by atoms with van der Waals surface area (Å²) in [7, 11) is 0. The van der Waals surface area contributed by atoms with Crippen LogP contribution < -0.4 is 5.32 Å². The number of H-pyrrole nitrogens is 1. The third-order valence-electron chi connectivity index (χ3n) is 4.34. The van der Waals surface area contributed by atoms with Gasteiger partial charge in [-0.2, -0.15) is 5.10 Å². The van der Waals surface area contributed by atoms with Crippen LogP contribution in [0.1, 0.15) is 21.6 Å². The first-order valence-corrected chi connectivity index (χ1v) is 8.73. The summed E-state index contributed by atoms with van der Waals surface area (Å²) in [5.41, 5.74) is 3.05.